The first-order valence-electron chi connectivity index (χ1n) is 8.02. The van der Waals surface area contributed by atoms with Crippen molar-refractivity contribution in [1.29, 1.82) is 0 Å². The second kappa shape index (κ2) is 7.06. The summed E-state index contributed by atoms with van der Waals surface area (Å²) in [4.78, 5) is 17.3. The second-order valence-corrected chi connectivity index (χ2v) is 7.12. The molecule has 0 atom stereocenters. The number of hydrogen-bond acceptors (Lipinski definition) is 6. The van der Waals surface area contributed by atoms with Gasteiger partial charge in [0, 0.05) is 10.1 Å². The van der Waals surface area contributed by atoms with Crippen LogP contribution in [0.3, 0.4) is 0 Å². The zero-order chi connectivity index (χ0) is 19.0. The van der Waals surface area contributed by atoms with Crippen molar-refractivity contribution in [2.24, 2.45) is 4.99 Å². The molecule has 0 unspecified atom stereocenters. The summed E-state index contributed by atoms with van der Waals surface area (Å²) in [7, 11) is 3.12. The van der Waals surface area contributed by atoms with E-state index in [9.17, 15) is 4.79 Å². The molecule has 0 radical (unpaired) electrons. The van der Waals surface area contributed by atoms with Gasteiger partial charge in [0.25, 0.3) is 0 Å². The summed E-state index contributed by atoms with van der Waals surface area (Å²) in [5.74, 6) is 0.871. The maximum absolute atomic E-state index is 12.3. The molecule has 0 N–H and O–H groups in total. The number of halogens is 1. The summed E-state index contributed by atoms with van der Waals surface area (Å²) >= 11 is 7.89. The number of esters is 1. The fourth-order valence-electron chi connectivity index (χ4n) is 2.76. The molecule has 0 fully saturated rings. The molecule has 1 aliphatic heterocycles. The molecule has 5 nitrogen and oxygen atoms in total. The first kappa shape index (κ1) is 17.6. The molecule has 4 rings (SSSR count). The van der Waals surface area contributed by atoms with E-state index in [1.165, 1.54) is 11.3 Å². The number of aliphatic imine (C=N–C) groups is 1. The number of thiophene rings is 1. The Balaban J connectivity index is 1.72. The van der Waals surface area contributed by atoms with E-state index in [0.717, 1.165) is 15.6 Å². The van der Waals surface area contributed by atoms with Crippen molar-refractivity contribution in [2.75, 3.05) is 14.2 Å². The average molecular weight is 400 g/mol. The van der Waals surface area contributed by atoms with Crippen LogP contribution in [0.15, 0.2) is 53.2 Å². The maximum Gasteiger partial charge on any atom is 0.363 e. The molecular weight excluding hydrogens is 386 g/mol. The molecule has 27 heavy (non-hydrogen) atoms. The van der Waals surface area contributed by atoms with Crippen molar-refractivity contribution in [3.8, 4) is 11.5 Å². The molecule has 2 heterocycles. The van der Waals surface area contributed by atoms with Crippen LogP contribution in [-0.2, 0) is 9.53 Å². The van der Waals surface area contributed by atoms with Crippen LogP contribution in [0.4, 0.5) is 0 Å². The van der Waals surface area contributed by atoms with Gasteiger partial charge in [-0.3, -0.25) is 0 Å². The monoisotopic (exact) mass is 399 g/mol. The van der Waals surface area contributed by atoms with Gasteiger partial charge in [0.2, 0.25) is 5.90 Å². The van der Waals surface area contributed by atoms with E-state index in [1.54, 1.807) is 32.4 Å². The predicted octanol–water partition coefficient (Wildman–Crippen LogP) is 4.92. The van der Waals surface area contributed by atoms with Crippen molar-refractivity contribution in [1.82, 2.24) is 0 Å². The van der Waals surface area contributed by atoms with Crippen molar-refractivity contribution in [3.63, 3.8) is 0 Å². The third-order valence-electron chi connectivity index (χ3n) is 4.06. The molecule has 3 aromatic rings. The van der Waals surface area contributed by atoms with Crippen LogP contribution in [0.2, 0.25) is 5.02 Å². The van der Waals surface area contributed by atoms with Crippen LogP contribution < -0.4 is 9.47 Å². The van der Waals surface area contributed by atoms with Gasteiger partial charge in [0.15, 0.2) is 17.2 Å². The Morgan fingerprint density at radius 3 is 2.63 bits per heavy atom. The summed E-state index contributed by atoms with van der Waals surface area (Å²) in [5.41, 5.74) is 0.942. The fraction of sp³-hybridized carbons (Fsp3) is 0.100. The highest BCUT2D eigenvalue weighted by atomic mass is 35.5. The quantitative estimate of drug-likeness (QED) is 0.461. The lowest BCUT2D eigenvalue weighted by Crippen LogP contribution is -2.04. The van der Waals surface area contributed by atoms with Crippen LogP contribution in [-0.4, -0.2) is 26.1 Å². The predicted molar refractivity (Wildman–Crippen MR) is 107 cm³/mol. The molecule has 2 aromatic carbocycles. The normalized spacial score (nSPS) is 15.1. The molecule has 0 aliphatic carbocycles. The first-order chi connectivity index (χ1) is 13.1. The third kappa shape index (κ3) is 3.18. The number of benzene rings is 2. The number of carbonyl (C=O) groups excluding carboxylic acids is 1. The number of carbonyl (C=O) groups is 1. The lowest BCUT2D eigenvalue weighted by Gasteiger charge is -2.07. The minimum absolute atomic E-state index is 0.200. The SMILES string of the molecule is COc1ccc(/C=C2/N=C(c3sc4ccccc4c3Cl)OC2=O)cc1OC. The fourth-order valence-corrected chi connectivity index (χ4v) is 4.20. The molecule has 0 amide bonds. The van der Waals surface area contributed by atoms with Gasteiger partial charge in [-0.15, -0.1) is 11.3 Å². The first-order valence-corrected chi connectivity index (χ1v) is 9.22. The Morgan fingerprint density at radius 1 is 1.11 bits per heavy atom. The molecule has 0 spiro atoms. The lowest BCUT2D eigenvalue weighted by atomic mass is 10.1. The van der Waals surface area contributed by atoms with E-state index >= 15 is 0 Å². The highest BCUT2D eigenvalue weighted by Gasteiger charge is 2.28. The number of fused-ring (bicyclic) bond motifs is 1. The Labute approximate surface area is 164 Å². The van der Waals surface area contributed by atoms with Gasteiger partial charge in [-0.2, -0.15) is 0 Å². The van der Waals surface area contributed by atoms with E-state index < -0.39 is 5.97 Å². The number of ether oxygens (including phenoxy) is 3. The molecule has 136 valence electrons. The molecule has 0 saturated heterocycles. The number of hydrogen-bond donors (Lipinski definition) is 0. The van der Waals surface area contributed by atoms with Crippen molar-refractivity contribution < 1.29 is 19.0 Å². The van der Waals surface area contributed by atoms with Crippen molar-refractivity contribution >= 4 is 51.0 Å². The highest BCUT2D eigenvalue weighted by Crippen LogP contribution is 2.37. The van der Waals surface area contributed by atoms with Crippen LogP contribution in [0, 0.1) is 0 Å². The number of nitrogens with zero attached hydrogens (tertiary/aromatic N) is 1. The van der Waals surface area contributed by atoms with Gasteiger partial charge >= 0.3 is 5.97 Å². The van der Waals surface area contributed by atoms with Crippen molar-refractivity contribution in [3.05, 3.63) is 63.6 Å². The number of rotatable bonds is 4. The van der Waals surface area contributed by atoms with Gasteiger partial charge in [-0.25, -0.2) is 9.79 Å². The van der Waals surface area contributed by atoms with E-state index in [0.29, 0.717) is 21.4 Å². The molecule has 7 heteroatoms. The van der Waals surface area contributed by atoms with Crippen LogP contribution in [0.25, 0.3) is 16.2 Å². The zero-order valence-electron chi connectivity index (χ0n) is 14.5. The molecular formula is C20H14ClNO4S. The highest BCUT2D eigenvalue weighted by molar-refractivity contribution is 7.21. The topological polar surface area (TPSA) is 57.1 Å². The van der Waals surface area contributed by atoms with E-state index in [1.807, 2.05) is 30.3 Å². The average Bonchev–Trinajstić information content (AvgIpc) is 3.22. The molecule has 1 aliphatic rings. The van der Waals surface area contributed by atoms with E-state index in [-0.39, 0.29) is 11.6 Å². The third-order valence-corrected chi connectivity index (χ3v) is 5.72. The van der Waals surface area contributed by atoms with Gasteiger partial charge in [0.1, 0.15) is 4.88 Å². The van der Waals surface area contributed by atoms with Crippen LogP contribution in [0.5, 0.6) is 11.5 Å². The van der Waals surface area contributed by atoms with Gasteiger partial charge < -0.3 is 14.2 Å². The zero-order valence-corrected chi connectivity index (χ0v) is 16.1. The van der Waals surface area contributed by atoms with Gasteiger partial charge in [-0.1, -0.05) is 35.9 Å². The van der Waals surface area contributed by atoms with E-state index in [2.05, 4.69) is 4.99 Å². The van der Waals surface area contributed by atoms with E-state index in [4.69, 9.17) is 25.8 Å². The Kier molecular flexibility index (Phi) is 4.59. The molecule has 1 aromatic heterocycles. The standard InChI is InChI=1S/C20H14ClNO4S/c1-24-14-8-7-11(10-15(14)25-2)9-13-20(23)26-19(22-13)18-17(21)12-5-3-4-6-16(12)27-18/h3-10H,1-2H3/b13-9+. The minimum atomic E-state index is -0.520. The van der Waals surface area contributed by atoms with Crippen molar-refractivity contribution in [2.45, 2.75) is 0 Å². The smallest absolute Gasteiger partial charge is 0.363 e. The second-order valence-electron chi connectivity index (χ2n) is 5.69. The summed E-state index contributed by atoms with van der Waals surface area (Å²) in [6.07, 6.45) is 1.64. The minimum Gasteiger partial charge on any atom is -0.493 e. The Bertz CT molecular complexity index is 1120. The molecule has 0 saturated carbocycles. The summed E-state index contributed by atoms with van der Waals surface area (Å²) in [5, 5.41) is 1.45. The largest absolute Gasteiger partial charge is 0.493 e. The number of methoxy groups -OCH3 is 2. The van der Waals surface area contributed by atoms with Crippen LogP contribution >= 0.6 is 22.9 Å². The van der Waals surface area contributed by atoms with Crippen LogP contribution in [0.1, 0.15) is 10.4 Å². The van der Waals surface area contributed by atoms with Gasteiger partial charge in [0.05, 0.1) is 19.2 Å². The Hall–Kier alpha value is -2.83. The Morgan fingerprint density at radius 2 is 1.89 bits per heavy atom. The summed E-state index contributed by atoms with van der Waals surface area (Å²) in [6, 6.07) is 13.1. The maximum atomic E-state index is 12.3. The summed E-state index contributed by atoms with van der Waals surface area (Å²) in [6.45, 7) is 0. The number of cyclic esters (lactones) is 1. The molecule has 0 bridgehead atoms. The lowest BCUT2D eigenvalue weighted by molar-refractivity contribution is -0.129. The summed E-state index contributed by atoms with van der Waals surface area (Å²) < 4.78 is 16.9. The van der Waals surface area contributed by atoms with Gasteiger partial charge in [-0.05, 0) is 29.8 Å².